The van der Waals surface area contributed by atoms with Gasteiger partial charge in [0, 0.05) is 37.3 Å². The molecule has 1 aliphatic heterocycles. The van der Waals surface area contributed by atoms with Gasteiger partial charge in [0.25, 0.3) is 0 Å². The van der Waals surface area contributed by atoms with E-state index < -0.39 is 12.1 Å². The lowest BCUT2D eigenvalue weighted by Crippen LogP contribution is -2.43. The van der Waals surface area contributed by atoms with Gasteiger partial charge in [0.1, 0.15) is 12.6 Å². The molecule has 2 heterocycles. The molecule has 4 rings (SSSR count). The summed E-state index contributed by atoms with van der Waals surface area (Å²) in [6.45, 7) is 0.694. The molecule has 0 bridgehead atoms. The zero-order chi connectivity index (χ0) is 22.5. The summed E-state index contributed by atoms with van der Waals surface area (Å²) in [4.78, 5) is 33.5. The number of aromatic nitrogens is 1. The van der Waals surface area contributed by atoms with Gasteiger partial charge in [-0.15, -0.1) is 11.3 Å². The Morgan fingerprint density at radius 2 is 1.91 bits per heavy atom. The monoisotopic (exact) mass is 450 g/mol. The highest BCUT2D eigenvalue weighted by atomic mass is 32.1. The minimum absolute atomic E-state index is 0.187. The predicted octanol–water partition coefficient (Wildman–Crippen LogP) is 4.62. The van der Waals surface area contributed by atoms with Crippen LogP contribution in [0.2, 0.25) is 0 Å². The van der Waals surface area contributed by atoms with Crippen molar-refractivity contribution in [2.45, 2.75) is 25.5 Å². The summed E-state index contributed by atoms with van der Waals surface area (Å²) in [6.07, 6.45) is 0.906. The molecule has 0 aliphatic carbocycles. The van der Waals surface area contributed by atoms with Crippen LogP contribution in [-0.4, -0.2) is 48.6 Å². The highest BCUT2D eigenvalue weighted by Gasteiger charge is 2.35. The maximum atomic E-state index is 12.9. The molecule has 1 unspecified atom stereocenters. The predicted molar refractivity (Wildman–Crippen MR) is 127 cm³/mol. The smallest absolute Gasteiger partial charge is 0.410 e. The van der Waals surface area contributed by atoms with E-state index in [4.69, 9.17) is 4.74 Å². The number of ether oxygens (including phenoxy) is 1. The highest BCUT2D eigenvalue weighted by molar-refractivity contribution is 7.14. The summed E-state index contributed by atoms with van der Waals surface area (Å²) in [5.41, 5.74) is 3.81. The molecule has 0 radical (unpaired) electrons. The average Bonchev–Trinajstić information content (AvgIpc) is 3.48. The number of amides is 2. The number of likely N-dealkylation sites (tertiary alicyclic amines) is 1. The molecule has 1 aromatic heterocycles. The zero-order valence-electron chi connectivity index (χ0n) is 18.2. The number of thiazole rings is 1. The molecular weight excluding hydrogens is 424 g/mol. The van der Waals surface area contributed by atoms with Crippen molar-refractivity contribution in [2.24, 2.45) is 0 Å². The van der Waals surface area contributed by atoms with Gasteiger partial charge in [0.15, 0.2) is 5.13 Å². The van der Waals surface area contributed by atoms with Gasteiger partial charge in [-0.2, -0.15) is 0 Å². The van der Waals surface area contributed by atoms with Crippen LogP contribution in [-0.2, 0) is 16.1 Å². The van der Waals surface area contributed by atoms with Crippen molar-refractivity contribution < 1.29 is 14.3 Å². The highest BCUT2D eigenvalue weighted by Crippen LogP contribution is 2.27. The number of rotatable bonds is 6. The Kier molecular flexibility index (Phi) is 6.70. The molecule has 0 saturated carbocycles. The maximum Gasteiger partial charge on any atom is 0.410 e. The van der Waals surface area contributed by atoms with Crippen LogP contribution in [0.4, 0.5) is 15.6 Å². The van der Waals surface area contributed by atoms with Crippen molar-refractivity contribution in [3.63, 3.8) is 0 Å². The fourth-order valence-corrected chi connectivity index (χ4v) is 4.37. The summed E-state index contributed by atoms with van der Waals surface area (Å²) < 4.78 is 5.42. The summed E-state index contributed by atoms with van der Waals surface area (Å²) in [5.74, 6) is -0.233. The minimum Gasteiger partial charge on any atom is -0.445 e. The van der Waals surface area contributed by atoms with Gasteiger partial charge in [-0.05, 0) is 30.5 Å². The van der Waals surface area contributed by atoms with E-state index in [0.29, 0.717) is 18.1 Å². The molecule has 166 valence electrons. The molecule has 7 nitrogen and oxygen atoms in total. The lowest BCUT2D eigenvalue weighted by molar-refractivity contribution is -0.120. The van der Waals surface area contributed by atoms with Crippen molar-refractivity contribution in [2.75, 3.05) is 30.9 Å². The number of anilines is 2. The van der Waals surface area contributed by atoms with E-state index in [0.717, 1.165) is 28.9 Å². The molecule has 1 aliphatic rings. The van der Waals surface area contributed by atoms with Crippen molar-refractivity contribution in [1.29, 1.82) is 0 Å². The normalized spacial score (nSPS) is 15.4. The van der Waals surface area contributed by atoms with Crippen LogP contribution in [0.25, 0.3) is 11.3 Å². The standard InChI is InChI=1S/C24H26N4O3S/c1-27(2)19-12-10-18(11-13-19)20-16-32-23(25-20)26-22(29)21-9-6-14-28(21)24(30)31-15-17-7-4-3-5-8-17/h3-5,7-8,10-13,16,21H,6,9,14-15H2,1-2H3,(H,25,26,29). The fourth-order valence-electron chi connectivity index (χ4n) is 3.64. The molecule has 32 heavy (non-hydrogen) atoms. The van der Waals surface area contributed by atoms with Crippen molar-refractivity contribution in [3.8, 4) is 11.3 Å². The fraction of sp³-hybridized carbons (Fsp3) is 0.292. The lowest BCUT2D eigenvalue weighted by Gasteiger charge is -2.22. The minimum atomic E-state index is -0.551. The van der Waals surface area contributed by atoms with E-state index in [1.54, 1.807) is 0 Å². The maximum absolute atomic E-state index is 12.9. The number of hydrogen-bond acceptors (Lipinski definition) is 6. The Hall–Kier alpha value is -3.39. The number of hydrogen-bond donors (Lipinski definition) is 1. The van der Waals surface area contributed by atoms with E-state index in [1.165, 1.54) is 16.2 Å². The second-order valence-corrected chi connectivity index (χ2v) is 8.72. The third-order valence-electron chi connectivity index (χ3n) is 5.41. The van der Waals surface area contributed by atoms with Crippen LogP contribution in [0.3, 0.4) is 0 Å². The molecule has 1 saturated heterocycles. The van der Waals surface area contributed by atoms with E-state index in [9.17, 15) is 9.59 Å². The van der Waals surface area contributed by atoms with Crippen molar-refractivity contribution in [3.05, 3.63) is 65.5 Å². The van der Waals surface area contributed by atoms with E-state index in [-0.39, 0.29) is 12.5 Å². The van der Waals surface area contributed by atoms with E-state index in [1.807, 2.05) is 79.0 Å². The first kappa shape index (κ1) is 21.8. The number of benzene rings is 2. The summed E-state index contributed by atoms with van der Waals surface area (Å²) in [7, 11) is 3.99. The van der Waals surface area contributed by atoms with Gasteiger partial charge in [0.05, 0.1) is 5.69 Å². The molecule has 0 spiro atoms. The van der Waals surface area contributed by atoms with Crippen LogP contribution in [0.5, 0.6) is 0 Å². The molecule has 1 fully saturated rings. The van der Waals surface area contributed by atoms with Crippen molar-refractivity contribution in [1.82, 2.24) is 9.88 Å². The Labute approximate surface area is 191 Å². The van der Waals surface area contributed by atoms with Crippen LogP contribution in [0, 0.1) is 0 Å². The third kappa shape index (κ3) is 5.08. The first-order valence-corrected chi connectivity index (χ1v) is 11.4. The number of carbonyl (C=O) groups excluding carboxylic acids is 2. The van der Waals surface area contributed by atoms with Gasteiger partial charge in [0.2, 0.25) is 5.91 Å². The van der Waals surface area contributed by atoms with Crippen LogP contribution >= 0.6 is 11.3 Å². The number of nitrogens with one attached hydrogen (secondary N) is 1. The SMILES string of the molecule is CN(C)c1ccc(-c2csc(NC(=O)C3CCCN3C(=O)OCc3ccccc3)n2)cc1. The Morgan fingerprint density at radius 1 is 1.16 bits per heavy atom. The molecule has 2 aromatic carbocycles. The van der Waals surface area contributed by atoms with E-state index in [2.05, 4.69) is 10.3 Å². The van der Waals surface area contributed by atoms with Crippen LogP contribution in [0.15, 0.2) is 60.0 Å². The zero-order valence-corrected chi connectivity index (χ0v) is 19.0. The Bertz CT molecular complexity index is 1070. The first-order valence-electron chi connectivity index (χ1n) is 10.5. The van der Waals surface area contributed by atoms with E-state index >= 15 is 0 Å². The second-order valence-electron chi connectivity index (χ2n) is 7.86. The van der Waals surface area contributed by atoms with Gasteiger partial charge in [-0.3, -0.25) is 9.69 Å². The molecule has 1 atom stereocenters. The van der Waals surface area contributed by atoms with Crippen LogP contribution in [0.1, 0.15) is 18.4 Å². The average molecular weight is 451 g/mol. The quantitative estimate of drug-likeness (QED) is 0.593. The summed E-state index contributed by atoms with van der Waals surface area (Å²) in [5, 5.41) is 5.31. The van der Waals surface area contributed by atoms with Crippen molar-refractivity contribution >= 4 is 34.2 Å². The third-order valence-corrected chi connectivity index (χ3v) is 6.17. The second kappa shape index (κ2) is 9.82. The lowest BCUT2D eigenvalue weighted by atomic mass is 10.1. The Morgan fingerprint density at radius 3 is 2.62 bits per heavy atom. The largest absolute Gasteiger partial charge is 0.445 e. The molecule has 2 amide bonds. The first-order chi connectivity index (χ1) is 15.5. The molecular formula is C24H26N4O3S. The Balaban J connectivity index is 1.36. The molecule has 1 N–H and O–H groups in total. The summed E-state index contributed by atoms with van der Waals surface area (Å²) >= 11 is 1.37. The summed E-state index contributed by atoms with van der Waals surface area (Å²) in [6, 6.07) is 17.0. The molecule has 8 heteroatoms. The van der Waals surface area contributed by atoms with Gasteiger partial charge in [-0.25, -0.2) is 9.78 Å². The van der Waals surface area contributed by atoms with Gasteiger partial charge < -0.3 is 15.0 Å². The molecule has 3 aromatic rings. The number of nitrogens with zero attached hydrogens (tertiary/aromatic N) is 3. The van der Waals surface area contributed by atoms with Crippen LogP contribution < -0.4 is 10.2 Å². The van der Waals surface area contributed by atoms with Gasteiger partial charge in [-0.1, -0.05) is 42.5 Å². The topological polar surface area (TPSA) is 74.8 Å². The van der Waals surface area contributed by atoms with Gasteiger partial charge >= 0.3 is 6.09 Å². The number of carbonyl (C=O) groups is 2.